The minimum Gasteiger partial charge on any atom is -0.462 e. The van der Waals surface area contributed by atoms with Crippen LogP contribution < -0.4 is 5.73 Å². The van der Waals surface area contributed by atoms with Crippen LogP contribution in [0, 0.1) is 0 Å². The monoisotopic (exact) mass is 982 g/mol. The number of carbonyl (C=O) groups excluding carboxylic acids is 2. The van der Waals surface area contributed by atoms with Gasteiger partial charge >= 0.3 is 19.8 Å². The van der Waals surface area contributed by atoms with Gasteiger partial charge in [0, 0.05) is 19.4 Å². The number of phosphoric ester groups is 1. The zero-order valence-electron chi connectivity index (χ0n) is 43.8. The van der Waals surface area contributed by atoms with E-state index in [-0.39, 0.29) is 38.6 Å². The Morgan fingerprint density at radius 3 is 1.12 bits per heavy atom. The Hall–Kier alpha value is -3.33. The van der Waals surface area contributed by atoms with Crippen LogP contribution in [-0.2, 0) is 32.7 Å². The first kappa shape index (κ1) is 65.7. The van der Waals surface area contributed by atoms with Crippen molar-refractivity contribution in [3.8, 4) is 0 Å². The first-order chi connectivity index (χ1) is 33.8. The lowest BCUT2D eigenvalue weighted by molar-refractivity contribution is -0.161. The third kappa shape index (κ3) is 53.9. The lowest BCUT2D eigenvalue weighted by atomic mass is 10.0. The van der Waals surface area contributed by atoms with Gasteiger partial charge in [0.05, 0.1) is 13.2 Å². The smallest absolute Gasteiger partial charge is 0.462 e. The van der Waals surface area contributed by atoms with Crippen LogP contribution >= 0.6 is 7.82 Å². The predicted molar refractivity (Wildman–Crippen MR) is 293 cm³/mol. The third-order valence-electron chi connectivity index (χ3n) is 11.2. The Morgan fingerprint density at radius 2 is 0.754 bits per heavy atom. The van der Waals surface area contributed by atoms with Crippen LogP contribution in [0.4, 0.5) is 0 Å². The van der Waals surface area contributed by atoms with Gasteiger partial charge in [-0.25, -0.2) is 4.57 Å². The molecule has 0 aromatic carbocycles. The molecule has 394 valence electrons. The maximum absolute atomic E-state index is 12.7. The lowest BCUT2D eigenvalue weighted by Crippen LogP contribution is -2.29. The molecule has 0 aliphatic rings. The normalized spacial score (nSPS) is 14.0. The van der Waals surface area contributed by atoms with E-state index < -0.39 is 26.5 Å². The van der Waals surface area contributed by atoms with Crippen LogP contribution in [0.2, 0.25) is 0 Å². The first-order valence-corrected chi connectivity index (χ1v) is 28.9. The van der Waals surface area contributed by atoms with Crippen molar-refractivity contribution >= 4 is 19.8 Å². The fraction of sp³-hybridized carbons (Fsp3) is 0.661. The van der Waals surface area contributed by atoms with Crippen LogP contribution in [0.3, 0.4) is 0 Å². The van der Waals surface area contributed by atoms with Gasteiger partial charge in [-0.3, -0.25) is 18.6 Å². The van der Waals surface area contributed by atoms with E-state index in [2.05, 4.69) is 123 Å². The molecular weight excluding hydrogens is 882 g/mol. The highest BCUT2D eigenvalue weighted by molar-refractivity contribution is 7.47. The van der Waals surface area contributed by atoms with Gasteiger partial charge in [-0.15, -0.1) is 0 Å². The van der Waals surface area contributed by atoms with Crippen molar-refractivity contribution in [2.75, 3.05) is 26.4 Å². The minimum atomic E-state index is -4.40. The maximum atomic E-state index is 12.7. The van der Waals surface area contributed by atoms with Crippen LogP contribution in [0.5, 0.6) is 0 Å². The van der Waals surface area contributed by atoms with E-state index in [4.69, 9.17) is 24.3 Å². The average molecular weight is 982 g/mol. The lowest BCUT2D eigenvalue weighted by Gasteiger charge is -2.19. The largest absolute Gasteiger partial charge is 0.472 e. The minimum absolute atomic E-state index is 0.0456. The zero-order valence-corrected chi connectivity index (χ0v) is 44.6. The molecule has 0 rings (SSSR count). The number of esters is 2. The molecule has 2 atom stereocenters. The average Bonchev–Trinajstić information content (AvgIpc) is 3.34. The summed E-state index contributed by atoms with van der Waals surface area (Å²) in [6.45, 7) is 3.50. The van der Waals surface area contributed by atoms with E-state index in [1.165, 1.54) is 83.5 Å². The number of unbranched alkanes of at least 4 members (excludes halogenated alkanes) is 19. The summed E-state index contributed by atoms with van der Waals surface area (Å²) in [4.78, 5) is 35.2. The molecule has 3 N–H and O–H groups in total. The number of ether oxygens (including phenoxy) is 2. The van der Waals surface area contributed by atoms with E-state index in [0.717, 1.165) is 103 Å². The Labute approximate surface area is 422 Å². The van der Waals surface area contributed by atoms with Crippen molar-refractivity contribution in [2.45, 2.75) is 225 Å². The zero-order chi connectivity index (χ0) is 50.2. The molecule has 0 spiro atoms. The highest BCUT2D eigenvalue weighted by atomic mass is 31.2. The van der Waals surface area contributed by atoms with Gasteiger partial charge in [0.25, 0.3) is 0 Å². The van der Waals surface area contributed by atoms with Crippen molar-refractivity contribution in [1.82, 2.24) is 0 Å². The standard InChI is InChI=1S/C59H100NO8P/c1-3-5-7-9-11-13-15-17-19-21-23-25-27-28-30-31-33-35-37-39-41-43-45-47-49-51-58(61)65-55-57(56-67-69(63,64)66-54-53-60)68-59(62)52-50-48-46-44-42-40-38-36-34-32-29-26-24-22-20-18-16-14-12-10-8-6-4-2/h5-8,11-14,17-20,23-26,32,34,57H,3-4,9-10,15-16,21-22,27-31,33,35-56,60H2,1-2H3,(H,63,64)/b7-5-,8-6-,13-11-,14-12-,19-17-,20-18-,25-23-,26-24-,34-32-. The molecule has 0 aromatic rings. The second-order valence-electron chi connectivity index (χ2n) is 17.7. The number of rotatable bonds is 50. The molecule has 2 unspecified atom stereocenters. The molecular formula is C59H100NO8P. The van der Waals surface area contributed by atoms with Gasteiger partial charge in [-0.2, -0.15) is 0 Å². The fourth-order valence-electron chi connectivity index (χ4n) is 7.18. The molecule has 0 heterocycles. The maximum Gasteiger partial charge on any atom is 0.472 e. The Balaban J connectivity index is 4.05. The molecule has 0 aliphatic heterocycles. The molecule has 10 heteroatoms. The molecule has 69 heavy (non-hydrogen) atoms. The van der Waals surface area contributed by atoms with Crippen molar-refractivity contribution in [1.29, 1.82) is 0 Å². The van der Waals surface area contributed by atoms with Gasteiger partial charge in [-0.05, 0) is 96.3 Å². The highest BCUT2D eigenvalue weighted by Gasteiger charge is 2.26. The van der Waals surface area contributed by atoms with E-state index >= 15 is 0 Å². The van der Waals surface area contributed by atoms with Crippen molar-refractivity contribution in [3.05, 3.63) is 109 Å². The Kier molecular flexibility index (Phi) is 51.4. The van der Waals surface area contributed by atoms with Crippen LogP contribution in [0.1, 0.15) is 219 Å². The van der Waals surface area contributed by atoms with E-state index in [1.54, 1.807) is 0 Å². The van der Waals surface area contributed by atoms with E-state index in [1.807, 2.05) is 0 Å². The molecule has 0 aliphatic carbocycles. The molecule has 0 bridgehead atoms. The number of carbonyl (C=O) groups is 2. The number of hydrogen-bond donors (Lipinski definition) is 2. The number of phosphoric acid groups is 1. The number of allylic oxidation sites excluding steroid dienone is 18. The third-order valence-corrected chi connectivity index (χ3v) is 12.1. The van der Waals surface area contributed by atoms with Gasteiger partial charge in [0.15, 0.2) is 6.10 Å². The van der Waals surface area contributed by atoms with Gasteiger partial charge in [0.1, 0.15) is 6.61 Å². The van der Waals surface area contributed by atoms with Crippen molar-refractivity contribution in [2.24, 2.45) is 5.73 Å². The number of hydrogen-bond acceptors (Lipinski definition) is 8. The van der Waals surface area contributed by atoms with Gasteiger partial charge in [-0.1, -0.05) is 220 Å². The van der Waals surface area contributed by atoms with Crippen LogP contribution in [0.15, 0.2) is 109 Å². The molecule has 0 aromatic heterocycles. The molecule has 0 saturated carbocycles. The summed E-state index contributed by atoms with van der Waals surface area (Å²) in [7, 11) is -4.40. The quantitative estimate of drug-likeness (QED) is 0.0264. The van der Waals surface area contributed by atoms with Gasteiger partial charge in [0.2, 0.25) is 0 Å². The second kappa shape index (κ2) is 54.0. The van der Waals surface area contributed by atoms with E-state index in [9.17, 15) is 19.0 Å². The fourth-order valence-corrected chi connectivity index (χ4v) is 7.95. The summed E-state index contributed by atoms with van der Waals surface area (Å²) in [5.41, 5.74) is 5.38. The molecule has 9 nitrogen and oxygen atoms in total. The molecule has 0 fully saturated rings. The first-order valence-electron chi connectivity index (χ1n) is 27.4. The Bertz CT molecular complexity index is 1490. The summed E-state index contributed by atoms with van der Waals surface area (Å²) in [6.07, 6.45) is 72.7. The highest BCUT2D eigenvalue weighted by Crippen LogP contribution is 2.43. The second-order valence-corrected chi connectivity index (χ2v) is 19.1. The molecule has 0 saturated heterocycles. The van der Waals surface area contributed by atoms with Crippen molar-refractivity contribution < 1.29 is 37.6 Å². The van der Waals surface area contributed by atoms with Gasteiger partial charge < -0.3 is 20.1 Å². The molecule has 0 radical (unpaired) electrons. The predicted octanol–water partition coefficient (Wildman–Crippen LogP) is 17.1. The summed E-state index contributed by atoms with van der Waals surface area (Å²) >= 11 is 0. The van der Waals surface area contributed by atoms with Crippen LogP contribution in [0.25, 0.3) is 0 Å². The summed E-state index contributed by atoms with van der Waals surface area (Å²) < 4.78 is 33.0. The SMILES string of the molecule is CC/C=C\C/C=C\C/C=C\C/C=C\C/C=C\CCCCCCCCCC(=O)OC(COC(=O)CCCCCCCCCCCCCC/C=C\C/C=C\C/C=C\C/C=C\CC)COP(=O)(O)OCCN. The Morgan fingerprint density at radius 1 is 0.435 bits per heavy atom. The van der Waals surface area contributed by atoms with Crippen molar-refractivity contribution in [3.63, 3.8) is 0 Å². The summed E-state index contributed by atoms with van der Waals surface area (Å²) in [5.74, 6) is -0.847. The number of nitrogens with two attached hydrogens (primary N) is 1. The van der Waals surface area contributed by atoms with Crippen LogP contribution in [-0.4, -0.2) is 49.3 Å². The summed E-state index contributed by atoms with van der Waals surface area (Å²) in [6, 6.07) is 0. The topological polar surface area (TPSA) is 134 Å². The van der Waals surface area contributed by atoms with E-state index in [0.29, 0.717) is 6.42 Å². The molecule has 0 amide bonds. The summed E-state index contributed by atoms with van der Waals surface area (Å²) in [5, 5.41) is 0.